The van der Waals surface area contributed by atoms with Crippen LogP contribution < -0.4 is 19.7 Å². The van der Waals surface area contributed by atoms with Crippen molar-refractivity contribution in [3.8, 4) is 11.5 Å². The lowest BCUT2D eigenvalue weighted by molar-refractivity contribution is -0.116. The molecular formula is C22H25N3O4. The van der Waals surface area contributed by atoms with Gasteiger partial charge in [-0.2, -0.15) is 0 Å². The fourth-order valence-corrected chi connectivity index (χ4v) is 3.90. The molecule has 1 saturated heterocycles. The molecule has 4 rings (SSSR count). The predicted octanol–water partition coefficient (Wildman–Crippen LogP) is 3.26. The Bertz CT molecular complexity index is 950. The van der Waals surface area contributed by atoms with Gasteiger partial charge in [0, 0.05) is 30.5 Å². The van der Waals surface area contributed by atoms with Gasteiger partial charge in [0.1, 0.15) is 19.8 Å². The number of urea groups is 1. The second-order valence-corrected chi connectivity index (χ2v) is 7.51. The summed E-state index contributed by atoms with van der Waals surface area (Å²) in [6.45, 7) is 8.03. The van der Waals surface area contributed by atoms with E-state index in [4.69, 9.17) is 9.47 Å². The highest BCUT2D eigenvalue weighted by molar-refractivity contribution is 6.00. The van der Waals surface area contributed by atoms with E-state index in [9.17, 15) is 9.59 Å². The zero-order valence-electron chi connectivity index (χ0n) is 16.9. The number of aryl methyl sites for hydroxylation is 3. The van der Waals surface area contributed by atoms with Crippen molar-refractivity contribution in [2.45, 2.75) is 20.8 Å². The fraction of sp³-hybridized carbons (Fsp3) is 0.364. The molecule has 3 amide bonds. The average molecular weight is 395 g/mol. The molecule has 0 unspecified atom stereocenters. The molecule has 0 bridgehead atoms. The van der Waals surface area contributed by atoms with Crippen LogP contribution in [0.4, 0.5) is 16.2 Å². The lowest BCUT2D eigenvalue weighted by atomic mass is 10.1. The largest absolute Gasteiger partial charge is 0.486 e. The standard InChI is InChI=1S/C22H25N3O4/c1-14-10-15(2)21(16(3)11-14)23-20(26)13-24-6-7-25(22(24)27)17-4-5-18-19(12-17)29-9-8-28-18/h4-5,10-12H,6-9,13H2,1-3H3,(H,23,26). The molecule has 2 aromatic rings. The molecule has 0 saturated carbocycles. The minimum atomic E-state index is -0.197. The molecule has 0 aliphatic carbocycles. The maximum Gasteiger partial charge on any atom is 0.325 e. The van der Waals surface area contributed by atoms with Gasteiger partial charge in [-0.1, -0.05) is 17.7 Å². The Morgan fingerprint density at radius 2 is 1.69 bits per heavy atom. The first kappa shape index (κ1) is 19.1. The van der Waals surface area contributed by atoms with E-state index < -0.39 is 0 Å². The van der Waals surface area contributed by atoms with Gasteiger partial charge in [-0.3, -0.25) is 9.69 Å². The number of fused-ring (bicyclic) bond motifs is 1. The number of carbonyl (C=O) groups excluding carboxylic acids is 2. The summed E-state index contributed by atoms with van der Waals surface area (Å²) in [5.41, 5.74) is 4.74. The third-order valence-corrected chi connectivity index (χ3v) is 5.21. The summed E-state index contributed by atoms with van der Waals surface area (Å²) in [5.74, 6) is 1.13. The number of hydrogen-bond donors (Lipinski definition) is 1. The Labute approximate surface area is 170 Å². The summed E-state index contributed by atoms with van der Waals surface area (Å²) in [7, 11) is 0. The molecule has 7 heteroatoms. The van der Waals surface area contributed by atoms with E-state index >= 15 is 0 Å². The average Bonchev–Trinajstić information content (AvgIpc) is 3.04. The number of hydrogen-bond acceptors (Lipinski definition) is 4. The van der Waals surface area contributed by atoms with Gasteiger partial charge in [0.25, 0.3) is 0 Å². The van der Waals surface area contributed by atoms with Gasteiger partial charge < -0.3 is 19.7 Å². The van der Waals surface area contributed by atoms with Gasteiger partial charge in [0.2, 0.25) is 5.91 Å². The van der Waals surface area contributed by atoms with Crippen molar-refractivity contribution in [1.82, 2.24) is 4.90 Å². The quantitative estimate of drug-likeness (QED) is 0.863. The van der Waals surface area contributed by atoms with Crippen LogP contribution in [-0.4, -0.2) is 49.7 Å². The molecule has 1 fully saturated rings. The van der Waals surface area contributed by atoms with Crippen LogP contribution in [0.15, 0.2) is 30.3 Å². The van der Waals surface area contributed by atoms with E-state index in [1.165, 1.54) is 0 Å². The van der Waals surface area contributed by atoms with Gasteiger partial charge in [0.15, 0.2) is 11.5 Å². The number of rotatable bonds is 4. The first-order valence-corrected chi connectivity index (χ1v) is 9.76. The van der Waals surface area contributed by atoms with Crippen LogP contribution >= 0.6 is 0 Å². The van der Waals surface area contributed by atoms with Crippen molar-refractivity contribution in [1.29, 1.82) is 0 Å². The van der Waals surface area contributed by atoms with Crippen LogP contribution in [0.5, 0.6) is 11.5 Å². The Kier molecular flexibility index (Phi) is 5.05. The van der Waals surface area contributed by atoms with E-state index in [0.717, 1.165) is 28.1 Å². The molecule has 0 aromatic heterocycles. The molecule has 0 atom stereocenters. The first-order valence-electron chi connectivity index (χ1n) is 9.76. The van der Waals surface area contributed by atoms with Crippen LogP contribution in [0.25, 0.3) is 0 Å². The summed E-state index contributed by atoms with van der Waals surface area (Å²) in [6, 6.07) is 9.35. The number of anilines is 2. The number of benzene rings is 2. The van der Waals surface area contributed by atoms with Crippen molar-refractivity contribution >= 4 is 23.3 Å². The maximum absolute atomic E-state index is 12.8. The first-order chi connectivity index (χ1) is 13.9. The van der Waals surface area contributed by atoms with Crippen molar-refractivity contribution in [3.05, 3.63) is 47.0 Å². The van der Waals surface area contributed by atoms with Crippen LogP contribution in [-0.2, 0) is 4.79 Å². The highest BCUT2D eigenvalue weighted by atomic mass is 16.6. The van der Waals surface area contributed by atoms with Crippen molar-refractivity contribution in [3.63, 3.8) is 0 Å². The van der Waals surface area contributed by atoms with E-state index in [2.05, 4.69) is 5.32 Å². The highest BCUT2D eigenvalue weighted by Gasteiger charge is 2.31. The van der Waals surface area contributed by atoms with Crippen LogP contribution in [0, 0.1) is 20.8 Å². The second-order valence-electron chi connectivity index (χ2n) is 7.51. The van der Waals surface area contributed by atoms with E-state index in [-0.39, 0.29) is 18.5 Å². The molecule has 2 heterocycles. The van der Waals surface area contributed by atoms with Gasteiger partial charge in [0.05, 0.1) is 0 Å². The van der Waals surface area contributed by atoms with Gasteiger partial charge in [-0.25, -0.2) is 4.79 Å². The highest BCUT2D eigenvalue weighted by Crippen LogP contribution is 2.35. The molecule has 7 nitrogen and oxygen atoms in total. The fourth-order valence-electron chi connectivity index (χ4n) is 3.90. The Balaban J connectivity index is 1.42. The molecule has 0 spiro atoms. The summed E-state index contributed by atoms with van der Waals surface area (Å²) >= 11 is 0. The SMILES string of the molecule is Cc1cc(C)c(NC(=O)CN2CCN(c3ccc4c(c3)OCCO4)C2=O)c(C)c1. The normalized spacial score (nSPS) is 15.6. The Hall–Kier alpha value is -3.22. The van der Waals surface area contributed by atoms with Gasteiger partial charge >= 0.3 is 6.03 Å². The summed E-state index contributed by atoms with van der Waals surface area (Å²) in [6.07, 6.45) is 0. The topological polar surface area (TPSA) is 71.1 Å². The van der Waals surface area contributed by atoms with Gasteiger partial charge in [-0.15, -0.1) is 0 Å². The lowest BCUT2D eigenvalue weighted by Gasteiger charge is -2.22. The predicted molar refractivity (Wildman–Crippen MR) is 111 cm³/mol. The van der Waals surface area contributed by atoms with Crippen molar-refractivity contribution < 1.29 is 19.1 Å². The summed E-state index contributed by atoms with van der Waals surface area (Å²) in [4.78, 5) is 28.6. The Morgan fingerprint density at radius 3 is 2.41 bits per heavy atom. The number of carbonyl (C=O) groups is 2. The van der Waals surface area contributed by atoms with E-state index in [0.29, 0.717) is 37.8 Å². The maximum atomic E-state index is 12.8. The third-order valence-electron chi connectivity index (χ3n) is 5.21. The monoisotopic (exact) mass is 395 g/mol. The van der Waals surface area contributed by atoms with E-state index in [1.807, 2.05) is 51.1 Å². The molecule has 1 N–H and O–H groups in total. The minimum Gasteiger partial charge on any atom is -0.486 e. The molecule has 2 aliphatic rings. The van der Waals surface area contributed by atoms with Crippen LogP contribution in [0.1, 0.15) is 16.7 Å². The number of ether oxygens (including phenoxy) is 2. The molecular weight excluding hydrogens is 370 g/mol. The molecule has 29 heavy (non-hydrogen) atoms. The number of nitrogens with zero attached hydrogens (tertiary/aromatic N) is 2. The van der Waals surface area contributed by atoms with Crippen LogP contribution in [0.2, 0.25) is 0 Å². The lowest BCUT2D eigenvalue weighted by Crippen LogP contribution is -2.37. The zero-order chi connectivity index (χ0) is 20.5. The number of amides is 3. The van der Waals surface area contributed by atoms with E-state index in [1.54, 1.807) is 9.80 Å². The molecule has 152 valence electrons. The second kappa shape index (κ2) is 7.66. The molecule has 0 radical (unpaired) electrons. The Morgan fingerprint density at radius 1 is 1.00 bits per heavy atom. The zero-order valence-corrected chi connectivity index (χ0v) is 16.9. The third kappa shape index (κ3) is 3.85. The van der Waals surface area contributed by atoms with Gasteiger partial charge in [-0.05, 0) is 44.0 Å². The molecule has 2 aromatic carbocycles. The van der Waals surface area contributed by atoms with Crippen molar-refractivity contribution in [2.75, 3.05) is 43.1 Å². The van der Waals surface area contributed by atoms with Crippen molar-refractivity contribution in [2.24, 2.45) is 0 Å². The summed E-state index contributed by atoms with van der Waals surface area (Å²) < 4.78 is 11.1. The van der Waals surface area contributed by atoms with Crippen LogP contribution in [0.3, 0.4) is 0 Å². The molecule has 2 aliphatic heterocycles. The number of nitrogens with one attached hydrogen (secondary N) is 1. The summed E-state index contributed by atoms with van der Waals surface area (Å²) in [5, 5.41) is 2.96. The smallest absolute Gasteiger partial charge is 0.325 e. The minimum absolute atomic E-state index is 0.0205.